The molecule has 0 aliphatic carbocycles. The van der Waals surface area contributed by atoms with Crippen LogP contribution >= 0.6 is 11.6 Å². The Balaban J connectivity index is 2.18. The first kappa shape index (κ1) is 9.19. The van der Waals surface area contributed by atoms with Gasteiger partial charge < -0.3 is 9.88 Å². The van der Waals surface area contributed by atoms with E-state index in [9.17, 15) is 0 Å². The molecule has 1 aliphatic rings. The minimum atomic E-state index is 0.495. The quantitative estimate of drug-likeness (QED) is 0.801. The molecule has 1 unspecified atom stereocenters. The number of nitrogens with zero attached hydrogens (tertiary/aromatic N) is 2. The van der Waals surface area contributed by atoms with E-state index in [0.29, 0.717) is 6.04 Å². The second-order valence-electron chi connectivity index (χ2n) is 3.91. The zero-order valence-electron chi connectivity index (χ0n) is 8.28. The lowest BCUT2D eigenvalue weighted by molar-refractivity contribution is 0.561. The Morgan fingerprint density at radius 3 is 3.20 bits per heavy atom. The molecule has 1 saturated heterocycles. The highest BCUT2D eigenvalue weighted by Crippen LogP contribution is 2.27. The van der Waals surface area contributed by atoms with E-state index >= 15 is 0 Å². The summed E-state index contributed by atoms with van der Waals surface area (Å²) in [7, 11) is 0. The Bertz CT molecular complexity index is 486. The van der Waals surface area contributed by atoms with Gasteiger partial charge in [0.1, 0.15) is 0 Å². The molecule has 0 amide bonds. The largest absolute Gasteiger partial charge is 0.325 e. The standard InChI is InChI=1S/C11H12ClN3/c12-9-2-1-3-10-11(9)15(7-14-10)8-4-5-13-6-8/h1-3,7-8,13H,4-6H2. The zero-order valence-corrected chi connectivity index (χ0v) is 9.04. The van der Waals surface area contributed by atoms with Crippen molar-refractivity contribution in [3.8, 4) is 0 Å². The van der Waals surface area contributed by atoms with Gasteiger partial charge in [-0.05, 0) is 25.1 Å². The zero-order chi connectivity index (χ0) is 10.3. The number of aromatic nitrogens is 2. The number of hydrogen-bond acceptors (Lipinski definition) is 2. The van der Waals surface area contributed by atoms with Gasteiger partial charge in [-0.25, -0.2) is 4.98 Å². The van der Waals surface area contributed by atoms with Crippen LogP contribution in [0.1, 0.15) is 12.5 Å². The fourth-order valence-corrected chi connectivity index (χ4v) is 2.47. The maximum Gasteiger partial charge on any atom is 0.0961 e. The first-order valence-electron chi connectivity index (χ1n) is 5.18. The lowest BCUT2D eigenvalue weighted by atomic mass is 10.2. The number of rotatable bonds is 1. The second-order valence-corrected chi connectivity index (χ2v) is 4.31. The minimum absolute atomic E-state index is 0.495. The van der Waals surface area contributed by atoms with Crippen LogP contribution in [0.2, 0.25) is 5.02 Å². The Kier molecular flexibility index (Phi) is 2.15. The molecule has 1 atom stereocenters. The molecule has 1 fully saturated rings. The van der Waals surface area contributed by atoms with Crippen LogP contribution in [0, 0.1) is 0 Å². The van der Waals surface area contributed by atoms with Gasteiger partial charge in [0.15, 0.2) is 0 Å². The van der Waals surface area contributed by atoms with Gasteiger partial charge in [-0.2, -0.15) is 0 Å². The van der Waals surface area contributed by atoms with E-state index in [1.54, 1.807) is 0 Å². The van der Waals surface area contributed by atoms with Crippen molar-refractivity contribution in [2.24, 2.45) is 0 Å². The molecule has 78 valence electrons. The topological polar surface area (TPSA) is 29.9 Å². The molecular formula is C11H12ClN3. The highest BCUT2D eigenvalue weighted by Gasteiger charge is 2.19. The van der Waals surface area contributed by atoms with Gasteiger partial charge in [0.05, 0.1) is 22.4 Å². The molecule has 1 aromatic heterocycles. The van der Waals surface area contributed by atoms with Crippen molar-refractivity contribution in [1.82, 2.24) is 14.9 Å². The monoisotopic (exact) mass is 221 g/mol. The van der Waals surface area contributed by atoms with Crippen LogP contribution in [0.15, 0.2) is 24.5 Å². The van der Waals surface area contributed by atoms with Gasteiger partial charge in [-0.3, -0.25) is 0 Å². The number of hydrogen-bond donors (Lipinski definition) is 1. The third-order valence-electron chi connectivity index (χ3n) is 2.97. The number of halogens is 1. The predicted octanol–water partition coefficient (Wildman–Crippen LogP) is 2.22. The van der Waals surface area contributed by atoms with Crippen molar-refractivity contribution in [2.75, 3.05) is 13.1 Å². The number of fused-ring (bicyclic) bond motifs is 1. The van der Waals surface area contributed by atoms with Gasteiger partial charge in [0, 0.05) is 12.6 Å². The van der Waals surface area contributed by atoms with Crippen molar-refractivity contribution < 1.29 is 0 Å². The van der Waals surface area contributed by atoms with E-state index in [-0.39, 0.29) is 0 Å². The summed E-state index contributed by atoms with van der Waals surface area (Å²) in [5, 5.41) is 4.14. The molecule has 0 bridgehead atoms. The molecule has 15 heavy (non-hydrogen) atoms. The van der Waals surface area contributed by atoms with Crippen LogP contribution < -0.4 is 5.32 Å². The number of nitrogens with one attached hydrogen (secondary N) is 1. The molecule has 0 spiro atoms. The van der Waals surface area contributed by atoms with Gasteiger partial charge in [0.2, 0.25) is 0 Å². The number of imidazole rings is 1. The van der Waals surface area contributed by atoms with Crippen LogP contribution in [-0.2, 0) is 0 Å². The Morgan fingerprint density at radius 2 is 2.40 bits per heavy atom. The fraction of sp³-hybridized carbons (Fsp3) is 0.364. The van der Waals surface area contributed by atoms with Gasteiger partial charge in [-0.15, -0.1) is 0 Å². The van der Waals surface area contributed by atoms with Crippen molar-refractivity contribution in [3.05, 3.63) is 29.5 Å². The summed E-state index contributed by atoms with van der Waals surface area (Å²) in [5.41, 5.74) is 2.04. The average molecular weight is 222 g/mol. The first-order chi connectivity index (χ1) is 7.36. The van der Waals surface area contributed by atoms with Gasteiger partial charge >= 0.3 is 0 Å². The Morgan fingerprint density at radius 1 is 1.47 bits per heavy atom. The molecule has 1 aliphatic heterocycles. The first-order valence-corrected chi connectivity index (χ1v) is 5.56. The van der Waals surface area contributed by atoms with Crippen molar-refractivity contribution >= 4 is 22.6 Å². The summed E-state index contributed by atoms with van der Waals surface area (Å²) in [6, 6.07) is 6.36. The molecule has 2 aromatic rings. The Hall–Kier alpha value is -1.06. The fourth-order valence-electron chi connectivity index (χ4n) is 2.20. The number of para-hydroxylation sites is 1. The normalized spacial score (nSPS) is 21.3. The van der Waals surface area contributed by atoms with Crippen molar-refractivity contribution in [2.45, 2.75) is 12.5 Å². The summed E-state index contributed by atoms with van der Waals surface area (Å²) in [5.74, 6) is 0. The summed E-state index contributed by atoms with van der Waals surface area (Å²) < 4.78 is 2.19. The predicted molar refractivity (Wildman–Crippen MR) is 61.3 cm³/mol. The third kappa shape index (κ3) is 1.43. The molecule has 3 rings (SSSR count). The maximum atomic E-state index is 6.20. The van der Waals surface area contributed by atoms with E-state index in [2.05, 4.69) is 14.9 Å². The highest BCUT2D eigenvalue weighted by molar-refractivity contribution is 6.34. The minimum Gasteiger partial charge on any atom is -0.325 e. The second kappa shape index (κ2) is 3.51. The van der Waals surface area contributed by atoms with Crippen LogP contribution in [0.5, 0.6) is 0 Å². The Labute approximate surface area is 93.1 Å². The van der Waals surface area contributed by atoms with E-state index in [1.165, 1.54) is 0 Å². The molecular weight excluding hydrogens is 210 g/mol. The third-order valence-corrected chi connectivity index (χ3v) is 3.28. The van der Waals surface area contributed by atoms with Gasteiger partial charge in [-0.1, -0.05) is 17.7 Å². The molecule has 2 heterocycles. The summed E-state index contributed by atoms with van der Waals surface area (Å²) in [6.45, 7) is 2.09. The maximum absolute atomic E-state index is 6.20. The van der Waals surface area contributed by atoms with E-state index in [1.807, 2.05) is 24.5 Å². The molecule has 4 heteroatoms. The van der Waals surface area contributed by atoms with Crippen LogP contribution in [-0.4, -0.2) is 22.6 Å². The van der Waals surface area contributed by atoms with Gasteiger partial charge in [0.25, 0.3) is 0 Å². The average Bonchev–Trinajstić information content (AvgIpc) is 2.85. The number of benzene rings is 1. The highest BCUT2D eigenvalue weighted by atomic mass is 35.5. The molecule has 0 saturated carbocycles. The summed E-state index contributed by atoms with van der Waals surface area (Å²) >= 11 is 6.20. The molecule has 1 N–H and O–H groups in total. The molecule has 3 nitrogen and oxygen atoms in total. The van der Waals surface area contributed by atoms with E-state index in [4.69, 9.17) is 11.6 Å². The van der Waals surface area contributed by atoms with Crippen LogP contribution in [0.3, 0.4) is 0 Å². The molecule has 1 aromatic carbocycles. The van der Waals surface area contributed by atoms with Crippen molar-refractivity contribution in [1.29, 1.82) is 0 Å². The van der Waals surface area contributed by atoms with Crippen LogP contribution in [0.25, 0.3) is 11.0 Å². The van der Waals surface area contributed by atoms with Crippen LogP contribution in [0.4, 0.5) is 0 Å². The van der Waals surface area contributed by atoms with E-state index < -0.39 is 0 Å². The van der Waals surface area contributed by atoms with Crippen molar-refractivity contribution in [3.63, 3.8) is 0 Å². The molecule has 0 radical (unpaired) electrons. The summed E-state index contributed by atoms with van der Waals surface area (Å²) in [4.78, 5) is 4.37. The SMILES string of the molecule is Clc1cccc2ncn(C3CCNC3)c12. The van der Waals surface area contributed by atoms with E-state index in [0.717, 1.165) is 35.6 Å². The smallest absolute Gasteiger partial charge is 0.0961 e. The lowest BCUT2D eigenvalue weighted by Crippen LogP contribution is -2.12. The lowest BCUT2D eigenvalue weighted by Gasteiger charge is -2.11. The summed E-state index contributed by atoms with van der Waals surface area (Å²) in [6.07, 6.45) is 3.05.